The first-order chi connectivity index (χ1) is 17.3. The number of aromatic nitrogens is 1. The number of rotatable bonds is 9. The molecule has 1 N–H and O–H groups in total. The summed E-state index contributed by atoms with van der Waals surface area (Å²) in [4.78, 5) is 20.3. The van der Waals surface area contributed by atoms with Gasteiger partial charge in [0.15, 0.2) is 6.61 Å². The fourth-order valence-corrected chi connectivity index (χ4v) is 5.70. The second-order valence-corrected chi connectivity index (χ2v) is 10.8. The lowest BCUT2D eigenvalue weighted by Crippen LogP contribution is -2.37. The number of nitrogens with zero attached hydrogens (tertiary/aromatic N) is 3. The first-order valence-electron chi connectivity index (χ1n) is 12.5. The molecule has 1 fully saturated rings. The Hall–Kier alpha value is -2.83. The first kappa shape index (κ1) is 26.2. The molecule has 6 nitrogen and oxygen atoms in total. The number of nitrogens with one attached hydrogen (secondary N) is 1. The maximum Gasteiger partial charge on any atom is 0.278 e. The lowest BCUT2D eigenvalue weighted by molar-refractivity contribution is -0.117. The molecule has 4 rings (SSSR count). The normalized spacial score (nSPS) is 20.6. The summed E-state index contributed by atoms with van der Waals surface area (Å²) in [5.74, 6) is -2.34. The van der Waals surface area contributed by atoms with Crippen molar-refractivity contribution in [2.24, 2.45) is 5.92 Å². The number of ether oxygens (including phenoxy) is 1. The molecule has 1 aliphatic carbocycles. The van der Waals surface area contributed by atoms with Crippen LogP contribution in [0.2, 0.25) is 0 Å². The van der Waals surface area contributed by atoms with Crippen LogP contribution in [0.1, 0.15) is 60.7 Å². The average Bonchev–Trinajstić information content (AvgIpc) is 3.28. The molecule has 0 unspecified atom stereocenters. The van der Waals surface area contributed by atoms with Gasteiger partial charge in [-0.2, -0.15) is 5.26 Å². The zero-order chi connectivity index (χ0) is 25.5. The molecule has 0 radical (unpaired) electrons. The molecule has 192 valence electrons. The van der Waals surface area contributed by atoms with Crippen LogP contribution in [-0.2, 0) is 17.8 Å². The van der Waals surface area contributed by atoms with Crippen LogP contribution in [0.3, 0.4) is 0 Å². The van der Waals surface area contributed by atoms with E-state index in [1.54, 1.807) is 18.2 Å². The third-order valence-corrected chi connectivity index (χ3v) is 7.85. The van der Waals surface area contributed by atoms with E-state index in [0.717, 1.165) is 81.2 Å². The second kappa shape index (κ2) is 11.9. The maximum absolute atomic E-state index is 13.1. The molecule has 0 atom stereocenters. The Balaban J connectivity index is 1.16. The van der Waals surface area contributed by atoms with Crippen molar-refractivity contribution in [1.82, 2.24) is 15.2 Å². The molecule has 9 heteroatoms. The van der Waals surface area contributed by atoms with Gasteiger partial charge in [0.2, 0.25) is 5.91 Å². The minimum absolute atomic E-state index is 0.121. The third-order valence-electron chi connectivity index (χ3n) is 6.78. The number of benzene rings is 1. The van der Waals surface area contributed by atoms with Crippen molar-refractivity contribution in [3.63, 3.8) is 0 Å². The van der Waals surface area contributed by atoms with E-state index in [4.69, 9.17) is 10.00 Å². The number of carbonyl (C=O) groups is 1. The number of hydrogen-bond acceptors (Lipinski definition) is 6. The number of hydrogen-bond donors (Lipinski definition) is 1. The molecular weight excluding hydrogens is 482 g/mol. The van der Waals surface area contributed by atoms with E-state index in [2.05, 4.69) is 21.3 Å². The molecule has 0 bridgehead atoms. The van der Waals surface area contributed by atoms with Crippen LogP contribution < -0.4 is 10.1 Å². The molecule has 36 heavy (non-hydrogen) atoms. The highest BCUT2D eigenvalue weighted by molar-refractivity contribution is 7.13. The van der Waals surface area contributed by atoms with Crippen LogP contribution in [0.15, 0.2) is 30.3 Å². The molecule has 2 aromatic rings. The van der Waals surface area contributed by atoms with E-state index in [1.807, 2.05) is 12.1 Å². The van der Waals surface area contributed by atoms with Crippen LogP contribution >= 0.6 is 11.3 Å². The summed E-state index contributed by atoms with van der Waals surface area (Å²) in [6, 6.07) is 9.54. The summed E-state index contributed by atoms with van der Waals surface area (Å²) in [6.07, 6.45) is 9.31. The molecule has 1 saturated carbocycles. The van der Waals surface area contributed by atoms with E-state index in [9.17, 15) is 13.6 Å². The monoisotopic (exact) mass is 514 g/mol. The highest BCUT2D eigenvalue weighted by atomic mass is 32.1. The standard InChI is InChI=1S/C27H32F2N4O2S/c1-27(28,29)18-35-26-32-23-17-33(15-13-24(23)36-26)14-12-19-6-9-22(10-7-19)31-25(34)11-8-20-4-2-3-5-21(20)16-30/h2-5,8,11,19,22H,6-7,9-10,12-15,17-18H2,1H3,(H,31,34)/b11-8+/t19-,22-. The Morgan fingerprint density at radius 3 is 2.86 bits per heavy atom. The Bertz CT molecular complexity index is 1110. The van der Waals surface area contributed by atoms with E-state index in [1.165, 1.54) is 17.4 Å². The summed E-state index contributed by atoms with van der Waals surface area (Å²) < 4.78 is 31.3. The molecule has 1 amide bonds. The molecule has 0 spiro atoms. The quantitative estimate of drug-likeness (QED) is 0.466. The summed E-state index contributed by atoms with van der Waals surface area (Å²) in [5, 5.41) is 12.6. The first-order valence-corrected chi connectivity index (χ1v) is 13.3. The van der Waals surface area contributed by atoms with Crippen molar-refractivity contribution in [2.45, 2.75) is 64.0 Å². The van der Waals surface area contributed by atoms with Gasteiger partial charge < -0.3 is 10.1 Å². The molecule has 2 heterocycles. The zero-order valence-electron chi connectivity index (χ0n) is 20.5. The largest absolute Gasteiger partial charge is 0.464 e. The van der Waals surface area contributed by atoms with Crippen molar-refractivity contribution in [3.8, 4) is 11.3 Å². The summed E-state index contributed by atoms with van der Waals surface area (Å²) in [6.45, 7) is 2.88. The Labute approximate surface area is 215 Å². The lowest BCUT2D eigenvalue weighted by atomic mass is 9.84. The predicted octanol–water partition coefficient (Wildman–Crippen LogP) is 5.19. The van der Waals surface area contributed by atoms with Gasteiger partial charge in [0.1, 0.15) is 0 Å². The third kappa shape index (κ3) is 7.58. The lowest BCUT2D eigenvalue weighted by Gasteiger charge is -2.31. The van der Waals surface area contributed by atoms with Gasteiger partial charge in [-0.25, -0.2) is 13.8 Å². The van der Waals surface area contributed by atoms with Gasteiger partial charge in [-0.15, -0.1) is 0 Å². The van der Waals surface area contributed by atoms with Crippen molar-refractivity contribution in [3.05, 3.63) is 52.0 Å². The van der Waals surface area contributed by atoms with Crippen molar-refractivity contribution < 1.29 is 18.3 Å². The van der Waals surface area contributed by atoms with Crippen LogP contribution in [0.4, 0.5) is 8.78 Å². The highest BCUT2D eigenvalue weighted by Crippen LogP contribution is 2.32. The smallest absolute Gasteiger partial charge is 0.278 e. The molecule has 0 saturated heterocycles. The van der Waals surface area contributed by atoms with E-state index in [0.29, 0.717) is 16.7 Å². The zero-order valence-corrected chi connectivity index (χ0v) is 21.3. The number of halogens is 2. The van der Waals surface area contributed by atoms with Gasteiger partial charge in [0.25, 0.3) is 11.1 Å². The number of alkyl halides is 2. The Morgan fingerprint density at radius 2 is 2.11 bits per heavy atom. The number of thiazole rings is 1. The van der Waals surface area contributed by atoms with Crippen molar-refractivity contribution in [2.75, 3.05) is 19.7 Å². The van der Waals surface area contributed by atoms with E-state index >= 15 is 0 Å². The molecule has 2 aliphatic rings. The average molecular weight is 515 g/mol. The summed E-state index contributed by atoms with van der Waals surface area (Å²) >= 11 is 1.39. The van der Waals surface area contributed by atoms with Crippen LogP contribution in [0, 0.1) is 17.2 Å². The number of fused-ring (bicyclic) bond motifs is 1. The molecule has 1 aliphatic heterocycles. The minimum atomic E-state index is -2.86. The Morgan fingerprint density at radius 1 is 1.33 bits per heavy atom. The molecular formula is C27H32F2N4O2S. The van der Waals surface area contributed by atoms with Gasteiger partial charge in [0, 0.05) is 37.0 Å². The van der Waals surface area contributed by atoms with Crippen molar-refractivity contribution >= 4 is 23.3 Å². The van der Waals surface area contributed by atoms with Gasteiger partial charge in [-0.3, -0.25) is 9.69 Å². The van der Waals surface area contributed by atoms with Crippen LogP contribution in [0.5, 0.6) is 5.19 Å². The highest BCUT2D eigenvalue weighted by Gasteiger charge is 2.27. The minimum Gasteiger partial charge on any atom is -0.464 e. The number of nitriles is 1. The Kier molecular flexibility index (Phi) is 8.70. The van der Waals surface area contributed by atoms with E-state index in [-0.39, 0.29) is 11.9 Å². The van der Waals surface area contributed by atoms with Crippen molar-refractivity contribution in [1.29, 1.82) is 5.26 Å². The fourth-order valence-electron chi connectivity index (χ4n) is 4.79. The SMILES string of the molecule is CC(F)(F)COc1nc2c(s1)CCN(CC[C@H]1CC[C@H](NC(=O)/C=C/c3ccccc3C#N)CC1)C2. The second-order valence-electron chi connectivity index (χ2n) is 9.78. The number of amides is 1. The van der Waals surface area contributed by atoms with Gasteiger partial charge in [-0.05, 0) is 68.7 Å². The topological polar surface area (TPSA) is 78.2 Å². The van der Waals surface area contributed by atoms with Crippen LogP contribution in [-0.4, -0.2) is 47.5 Å². The summed E-state index contributed by atoms with van der Waals surface area (Å²) in [5.41, 5.74) is 2.25. The molecule has 1 aromatic heterocycles. The maximum atomic E-state index is 13.1. The number of carbonyl (C=O) groups excluding carboxylic acids is 1. The van der Waals surface area contributed by atoms with Gasteiger partial charge in [-0.1, -0.05) is 29.5 Å². The van der Waals surface area contributed by atoms with Gasteiger partial charge in [0.05, 0.1) is 17.3 Å². The molecule has 1 aromatic carbocycles. The van der Waals surface area contributed by atoms with E-state index < -0.39 is 12.5 Å². The van der Waals surface area contributed by atoms with Gasteiger partial charge >= 0.3 is 0 Å². The predicted molar refractivity (Wildman–Crippen MR) is 136 cm³/mol. The van der Waals surface area contributed by atoms with Crippen LogP contribution in [0.25, 0.3) is 6.08 Å². The fraction of sp³-hybridized carbons (Fsp3) is 0.519. The summed E-state index contributed by atoms with van der Waals surface area (Å²) in [7, 11) is 0.